The van der Waals surface area contributed by atoms with E-state index in [-0.39, 0.29) is 12.8 Å². The van der Waals surface area contributed by atoms with Crippen LogP contribution in [0.2, 0.25) is 0 Å². The number of allylic oxidation sites excluding steroid dienone is 1. The zero-order chi connectivity index (χ0) is 22.7. The first-order valence-electron chi connectivity index (χ1n) is 11.3. The maximum atomic E-state index is 12.5. The molecule has 1 heterocycles. The zero-order valence-corrected chi connectivity index (χ0v) is 20.0. The molecule has 4 rings (SSSR count). The highest BCUT2D eigenvalue weighted by molar-refractivity contribution is 9.11. The number of hydrogen-bond acceptors (Lipinski definition) is 3. The van der Waals surface area contributed by atoms with E-state index in [0.29, 0.717) is 12.0 Å². The number of benzene rings is 2. The number of alkyl halides is 1. The molecule has 170 valence electrons. The third kappa shape index (κ3) is 5.07. The number of carboxylic acid groups (broad SMARTS) is 1. The van der Waals surface area contributed by atoms with Crippen LogP contribution in [-0.2, 0) is 6.42 Å². The number of aromatic carboxylic acids is 1. The number of aryl methyl sites for hydroxylation is 2. The number of rotatable bonds is 7. The Hall–Kier alpha value is -2.18. The van der Waals surface area contributed by atoms with Crippen molar-refractivity contribution >= 4 is 27.5 Å². The summed E-state index contributed by atoms with van der Waals surface area (Å²) in [6, 6.07) is 11.6. The summed E-state index contributed by atoms with van der Waals surface area (Å²) in [4.78, 5) is 13.7. The standard InChI is InChI=1S/C26H29BrFNO3/c1-17-6-8-20(32-21-10-13-29(16-21)12-3-11-28)15-23(17)25-22-9-7-19(26(30)31)14-18(22)4-2-5-24(25)27/h6-9,14-15,21H,2-5,10-13,16H2,1H3,(H,30,31). The molecule has 1 saturated heterocycles. The van der Waals surface area contributed by atoms with Crippen LogP contribution in [0.5, 0.6) is 5.75 Å². The molecule has 32 heavy (non-hydrogen) atoms. The van der Waals surface area contributed by atoms with Gasteiger partial charge in [0.15, 0.2) is 0 Å². The fourth-order valence-electron chi connectivity index (χ4n) is 4.69. The molecule has 1 unspecified atom stereocenters. The third-order valence-electron chi connectivity index (χ3n) is 6.35. The summed E-state index contributed by atoms with van der Waals surface area (Å²) in [5, 5.41) is 9.41. The normalized spacial score (nSPS) is 19.0. The molecule has 0 amide bonds. The minimum Gasteiger partial charge on any atom is -0.489 e. The van der Waals surface area contributed by atoms with Crippen molar-refractivity contribution in [3.63, 3.8) is 0 Å². The van der Waals surface area contributed by atoms with E-state index in [0.717, 1.165) is 83.4 Å². The van der Waals surface area contributed by atoms with Gasteiger partial charge in [0.1, 0.15) is 11.9 Å². The lowest BCUT2D eigenvalue weighted by atomic mass is 9.90. The van der Waals surface area contributed by atoms with E-state index < -0.39 is 5.97 Å². The van der Waals surface area contributed by atoms with Gasteiger partial charge in [-0.3, -0.25) is 9.29 Å². The van der Waals surface area contributed by atoms with Crippen LogP contribution in [0.1, 0.15) is 58.3 Å². The second-order valence-corrected chi connectivity index (χ2v) is 9.62. The second-order valence-electron chi connectivity index (χ2n) is 8.66. The molecule has 1 fully saturated rings. The maximum absolute atomic E-state index is 12.5. The summed E-state index contributed by atoms with van der Waals surface area (Å²) < 4.78 is 19.9. The molecule has 0 aromatic heterocycles. The Morgan fingerprint density at radius 2 is 2.06 bits per heavy atom. The summed E-state index contributed by atoms with van der Waals surface area (Å²) in [6.45, 7) is 4.37. The van der Waals surface area contributed by atoms with Gasteiger partial charge in [0, 0.05) is 24.1 Å². The van der Waals surface area contributed by atoms with E-state index in [9.17, 15) is 14.3 Å². The lowest BCUT2D eigenvalue weighted by molar-refractivity contribution is 0.0696. The molecule has 1 atom stereocenters. The first-order valence-corrected chi connectivity index (χ1v) is 12.1. The molecule has 1 N–H and O–H groups in total. The number of hydrogen-bond donors (Lipinski definition) is 1. The van der Waals surface area contributed by atoms with Gasteiger partial charge in [-0.05, 0) is 91.1 Å². The Balaban J connectivity index is 1.63. The highest BCUT2D eigenvalue weighted by Gasteiger charge is 2.25. The molecular weight excluding hydrogens is 473 g/mol. The number of likely N-dealkylation sites (tertiary alicyclic amines) is 1. The van der Waals surface area contributed by atoms with E-state index in [1.165, 1.54) is 0 Å². The first-order chi connectivity index (χ1) is 15.5. The van der Waals surface area contributed by atoms with Gasteiger partial charge in [0.25, 0.3) is 0 Å². The zero-order valence-electron chi connectivity index (χ0n) is 18.4. The van der Waals surface area contributed by atoms with Crippen molar-refractivity contribution < 1.29 is 19.0 Å². The topological polar surface area (TPSA) is 49.8 Å². The monoisotopic (exact) mass is 501 g/mol. The van der Waals surface area contributed by atoms with Crippen molar-refractivity contribution in [2.45, 2.75) is 45.1 Å². The Kier molecular flexibility index (Phi) is 7.31. The van der Waals surface area contributed by atoms with Gasteiger partial charge in [-0.25, -0.2) is 4.79 Å². The average Bonchev–Trinajstić information content (AvgIpc) is 3.15. The molecule has 6 heteroatoms. The lowest BCUT2D eigenvalue weighted by Crippen LogP contribution is -2.26. The second kappa shape index (κ2) is 10.2. The van der Waals surface area contributed by atoms with Gasteiger partial charge < -0.3 is 9.84 Å². The van der Waals surface area contributed by atoms with E-state index in [1.54, 1.807) is 6.07 Å². The lowest BCUT2D eigenvalue weighted by Gasteiger charge is -2.19. The number of ether oxygens (including phenoxy) is 1. The summed E-state index contributed by atoms with van der Waals surface area (Å²) in [6.07, 6.45) is 4.35. The Morgan fingerprint density at radius 1 is 1.22 bits per heavy atom. The summed E-state index contributed by atoms with van der Waals surface area (Å²) >= 11 is 3.82. The highest BCUT2D eigenvalue weighted by atomic mass is 79.9. The number of carboxylic acids is 1. The molecule has 2 aliphatic rings. The molecule has 1 aliphatic heterocycles. The van der Waals surface area contributed by atoms with Crippen LogP contribution in [0, 0.1) is 6.92 Å². The summed E-state index contributed by atoms with van der Waals surface area (Å²) in [5.74, 6) is -0.0611. The Labute approximate surface area is 197 Å². The van der Waals surface area contributed by atoms with Crippen molar-refractivity contribution in [2.24, 2.45) is 0 Å². The van der Waals surface area contributed by atoms with Gasteiger partial charge in [-0.2, -0.15) is 0 Å². The van der Waals surface area contributed by atoms with Gasteiger partial charge in [-0.1, -0.05) is 28.1 Å². The Morgan fingerprint density at radius 3 is 2.84 bits per heavy atom. The predicted molar refractivity (Wildman–Crippen MR) is 129 cm³/mol. The Bertz CT molecular complexity index is 1040. The van der Waals surface area contributed by atoms with Crippen LogP contribution in [0.3, 0.4) is 0 Å². The van der Waals surface area contributed by atoms with Gasteiger partial charge in [-0.15, -0.1) is 0 Å². The van der Waals surface area contributed by atoms with Gasteiger partial charge in [0.2, 0.25) is 0 Å². The van der Waals surface area contributed by atoms with Crippen LogP contribution in [0.4, 0.5) is 4.39 Å². The number of nitrogens with zero attached hydrogens (tertiary/aromatic N) is 1. The minimum absolute atomic E-state index is 0.113. The molecule has 0 radical (unpaired) electrons. The fraction of sp³-hybridized carbons (Fsp3) is 0.423. The molecule has 0 saturated carbocycles. The molecular formula is C26H29BrFNO3. The third-order valence-corrected chi connectivity index (χ3v) is 7.15. The van der Waals surface area contributed by atoms with E-state index in [2.05, 4.69) is 39.9 Å². The maximum Gasteiger partial charge on any atom is 0.335 e. The number of halogens is 2. The molecule has 4 nitrogen and oxygen atoms in total. The predicted octanol–water partition coefficient (Wildman–Crippen LogP) is 6.00. The average molecular weight is 502 g/mol. The van der Waals surface area contributed by atoms with Gasteiger partial charge >= 0.3 is 5.97 Å². The smallest absolute Gasteiger partial charge is 0.335 e. The summed E-state index contributed by atoms with van der Waals surface area (Å²) in [5.41, 5.74) is 5.85. The van der Waals surface area contributed by atoms with Crippen molar-refractivity contribution in [3.8, 4) is 5.75 Å². The van der Waals surface area contributed by atoms with E-state index in [4.69, 9.17) is 4.74 Å². The SMILES string of the molecule is Cc1ccc(OC2CCN(CCCF)C2)cc1C1=C(Br)CCCc2cc(C(=O)O)ccc21. The van der Waals surface area contributed by atoms with Gasteiger partial charge in [0.05, 0.1) is 12.2 Å². The fourth-order valence-corrected chi connectivity index (χ4v) is 5.40. The van der Waals surface area contributed by atoms with Crippen LogP contribution in [0.15, 0.2) is 40.9 Å². The number of fused-ring (bicyclic) bond motifs is 1. The largest absolute Gasteiger partial charge is 0.489 e. The molecule has 2 aromatic rings. The minimum atomic E-state index is -0.898. The summed E-state index contributed by atoms with van der Waals surface area (Å²) in [7, 11) is 0. The first kappa shape index (κ1) is 23.0. The van der Waals surface area contributed by atoms with Crippen molar-refractivity contribution in [1.82, 2.24) is 4.90 Å². The molecule has 0 spiro atoms. The quantitative estimate of drug-likeness (QED) is 0.505. The molecule has 0 bridgehead atoms. The molecule has 2 aromatic carbocycles. The van der Waals surface area contributed by atoms with E-state index >= 15 is 0 Å². The van der Waals surface area contributed by atoms with Crippen molar-refractivity contribution in [2.75, 3.05) is 26.3 Å². The van der Waals surface area contributed by atoms with Crippen LogP contribution >= 0.6 is 15.9 Å². The number of carbonyl (C=O) groups is 1. The van der Waals surface area contributed by atoms with Crippen molar-refractivity contribution in [1.29, 1.82) is 0 Å². The van der Waals surface area contributed by atoms with E-state index in [1.807, 2.05) is 18.2 Å². The highest BCUT2D eigenvalue weighted by Crippen LogP contribution is 2.40. The molecule has 1 aliphatic carbocycles. The van der Waals surface area contributed by atoms with Crippen LogP contribution in [-0.4, -0.2) is 48.4 Å². The van der Waals surface area contributed by atoms with Crippen LogP contribution < -0.4 is 4.74 Å². The van der Waals surface area contributed by atoms with Crippen LogP contribution in [0.25, 0.3) is 5.57 Å². The van der Waals surface area contributed by atoms with Crippen molar-refractivity contribution in [3.05, 3.63) is 68.7 Å².